The van der Waals surface area contributed by atoms with Crippen molar-refractivity contribution in [3.63, 3.8) is 0 Å². The molecule has 0 heterocycles. The summed E-state index contributed by atoms with van der Waals surface area (Å²) in [7, 11) is 0. The number of ether oxygens (including phenoxy) is 2. The SMILES string of the molecule is CCCC(C)(C)N[C@@H](CCCCNC(=O)COCCOCCNC(=O)C(C)CC(C)(C)NC(=O)C(C)(C)CC(C)(C)C)C(=O)C(C)(C)C. The van der Waals surface area contributed by atoms with E-state index >= 15 is 0 Å². The fraction of sp³-hybridized carbons (Fsp3) is 0.895. The molecule has 2 atom stereocenters. The van der Waals surface area contributed by atoms with E-state index in [1.54, 1.807) is 0 Å². The average molecular weight is 683 g/mol. The Bertz CT molecular complexity index is 994. The van der Waals surface area contributed by atoms with Crippen LogP contribution >= 0.6 is 0 Å². The highest BCUT2D eigenvalue weighted by atomic mass is 16.5. The third kappa shape index (κ3) is 21.1. The van der Waals surface area contributed by atoms with Gasteiger partial charge in [-0.05, 0) is 71.6 Å². The lowest BCUT2D eigenvalue weighted by Crippen LogP contribution is -2.52. The Kier molecular flexibility index (Phi) is 19.7. The van der Waals surface area contributed by atoms with Crippen LogP contribution in [-0.4, -0.2) is 80.1 Å². The van der Waals surface area contributed by atoms with Gasteiger partial charge in [-0.2, -0.15) is 0 Å². The zero-order chi connectivity index (χ0) is 37.4. The standard InChI is InChI=1S/C38H74N4O6/c1-15-19-37(11,12)41-29(31(44)35(6,7)8)18-16-17-20-39-30(43)26-48-24-23-47-22-21-40-32(45)28(2)25-38(13,14)42-33(46)36(9,10)27-34(3,4)5/h28-29,41H,15-27H2,1-14H3,(H,39,43)(H,40,45)(H,42,46)/t28?,29-/m0/s1. The van der Waals surface area contributed by atoms with Crippen molar-refractivity contribution in [2.75, 3.05) is 39.5 Å². The number of carbonyl (C=O) groups excluding carboxylic acids is 4. The molecule has 48 heavy (non-hydrogen) atoms. The first-order valence-electron chi connectivity index (χ1n) is 18.2. The van der Waals surface area contributed by atoms with Gasteiger partial charge in [-0.1, -0.05) is 75.7 Å². The highest BCUT2D eigenvalue weighted by molar-refractivity contribution is 5.88. The molecule has 0 rings (SSSR count). The second-order valence-electron chi connectivity index (χ2n) is 17.8. The summed E-state index contributed by atoms with van der Waals surface area (Å²) >= 11 is 0. The van der Waals surface area contributed by atoms with E-state index in [1.807, 2.05) is 55.4 Å². The van der Waals surface area contributed by atoms with Crippen LogP contribution in [0, 0.1) is 22.2 Å². The van der Waals surface area contributed by atoms with Crippen LogP contribution in [0.5, 0.6) is 0 Å². The second kappa shape index (κ2) is 20.6. The minimum atomic E-state index is -0.526. The fourth-order valence-corrected chi connectivity index (χ4v) is 6.31. The van der Waals surface area contributed by atoms with Gasteiger partial charge in [0, 0.05) is 40.9 Å². The maximum atomic E-state index is 13.0. The summed E-state index contributed by atoms with van der Waals surface area (Å²) in [5, 5.41) is 12.5. The molecule has 10 heteroatoms. The van der Waals surface area contributed by atoms with E-state index in [1.165, 1.54) is 0 Å². The summed E-state index contributed by atoms with van der Waals surface area (Å²) in [5.74, 6) is -0.332. The molecule has 0 aliphatic heterocycles. The van der Waals surface area contributed by atoms with Gasteiger partial charge in [0.15, 0.2) is 5.78 Å². The van der Waals surface area contributed by atoms with Crippen molar-refractivity contribution in [1.82, 2.24) is 21.3 Å². The zero-order valence-electron chi connectivity index (χ0n) is 33.3. The number of ketones is 1. The highest BCUT2D eigenvalue weighted by Gasteiger charge is 2.36. The van der Waals surface area contributed by atoms with Crippen LogP contribution in [0.1, 0.15) is 142 Å². The van der Waals surface area contributed by atoms with Crippen molar-refractivity contribution in [1.29, 1.82) is 0 Å². The molecule has 0 saturated heterocycles. The molecular formula is C38H74N4O6. The number of rotatable bonds is 24. The molecule has 0 fully saturated rings. The summed E-state index contributed by atoms with van der Waals surface area (Å²) < 4.78 is 11.0. The summed E-state index contributed by atoms with van der Waals surface area (Å²) in [4.78, 5) is 50.8. The number of carbonyl (C=O) groups is 4. The predicted molar refractivity (Wildman–Crippen MR) is 196 cm³/mol. The van der Waals surface area contributed by atoms with Crippen molar-refractivity contribution in [2.45, 2.75) is 159 Å². The molecule has 0 aromatic rings. The van der Waals surface area contributed by atoms with Crippen molar-refractivity contribution in [2.24, 2.45) is 22.2 Å². The predicted octanol–water partition coefficient (Wildman–Crippen LogP) is 5.96. The van der Waals surface area contributed by atoms with Gasteiger partial charge >= 0.3 is 0 Å². The maximum absolute atomic E-state index is 13.0. The molecule has 282 valence electrons. The van der Waals surface area contributed by atoms with E-state index in [-0.39, 0.29) is 59.6 Å². The molecule has 4 N–H and O–H groups in total. The van der Waals surface area contributed by atoms with E-state index in [9.17, 15) is 19.2 Å². The number of hydrogen-bond acceptors (Lipinski definition) is 7. The fourth-order valence-electron chi connectivity index (χ4n) is 6.31. The van der Waals surface area contributed by atoms with Crippen LogP contribution in [0.2, 0.25) is 0 Å². The Hall–Kier alpha value is -2.04. The van der Waals surface area contributed by atoms with Crippen molar-refractivity contribution in [3.05, 3.63) is 0 Å². The molecule has 1 unspecified atom stereocenters. The monoisotopic (exact) mass is 683 g/mol. The first-order valence-corrected chi connectivity index (χ1v) is 18.2. The third-order valence-corrected chi connectivity index (χ3v) is 8.19. The van der Waals surface area contributed by atoms with Crippen molar-refractivity contribution >= 4 is 23.5 Å². The number of Topliss-reactive ketones (excluding diaryl/α,β-unsaturated/α-hetero) is 1. The topological polar surface area (TPSA) is 135 Å². The van der Waals surface area contributed by atoms with Gasteiger partial charge in [0.1, 0.15) is 6.61 Å². The van der Waals surface area contributed by atoms with Crippen LogP contribution in [0.3, 0.4) is 0 Å². The minimum absolute atomic E-state index is 0.00263. The lowest BCUT2D eigenvalue weighted by molar-refractivity contribution is -0.133. The molecule has 0 aromatic carbocycles. The molecule has 0 aliphatic carbocycles. The second-order valence-corrected chi connectivity index (χ2v) is 17.8. The van der Waals surface area contributed by atoms with Crippen LogP contribution in [0.25, 0.3) is 0 Å². The van der Waals surface area contributed by atoms with E-state index in [0.717, 1.165) is 38.5 Å². The Morgan fingerprint density at radius 1 is 0.729 bits per heavy atom. The zero-order valence-corrected chi connectivity index (χ0v) is 33.3. The Morgan fingerprint density at radius 3 is 1.90 bits per heavy atom. The molecule has 3 amide bonds. The van der Waals surface area contributed by atoms with Crippen molar-refractivity contribution in [3.8, 4) is 0 Å². The van der Waals surface area contributed by atoms with Crippen LogP contribution in [0.15, 0.2) is 0 Å². The largest absolute Gasteiger partial charge is 0.377 e. The van der Waals surface area contributed by atoms with Gasteiger partial charge in [0.25, 0.3) is 0 Å². The van der Waals surface area contributed by atoms with Crippen molar-refractivity contribution < 1.29 is 28.7 Å². The molecule has 0 saturated carbocycles. The molecule has 0 radical (unpaired) electrons. The Morgan fingerprint density at radius 2 is 1.33 bits per heavy atom. The normalized spacial score (nSPS) is 14.3. The molecular weight excluding hydrogens is 608 g/mol. The van der Waals surface area contributed by atoms with Gasteiger partial charge in [-0.15, -0.1) is 0 Å². The lowest BCUT2D eigenvalue weighted by atomic mass is 9.75. The number of unbranched alkanes of at least 4 members (excludes halogenated alkanes) is 1. The highest BCUT2D eigenvalue weighted by Crippen LogP contribution is 2.34. The molecule has 0 aromatic heterocycles. The van der Waals surface area contributed by atoms with Crippen LogP contribution < -0.4 is 21.3 Å². The van der Waals surface area contributed by atoms with Crippen LogP contribution in [0.4, 0.5) is 0 Å². The van der Waals surface area contributed by atoms with Gasteiger partial charge in [0.05, 0.1) is 25.9 Å². The molecule has 0 bridgehead atoms. The molecule has 10 nitrogen and oxygen atoms in total. The number of amides is 3. The smallest absolute Gasteiger partial charge is 0.245 e. The lowest BCUT2D eigenvalue weighted by Gasteiger charge is -2.36. The average Bonchev–Trinajstić information content (AvgIpc) is 2.90. The van der Waals surface area contributed by atoms with Gasteiger partial charge in [0.2, 0.25) is 17.7 Å². The third-order valence-electron chi connectivity index (χ3n) is 8.19. The Balaban J connectivity index is 4.22. The minimum Gasteiger partial charge on any atom is -0.377 e. The van der Waals surface area contributed by atoms with Crippen LogP contribution in [-0.2, 0) is 28.7 Å². The quantitative estimate of drug-likeness (QED) is 0.0924. The number of nitrogens with one attached hydrogen (secondary N) is 4. The summed E-state index contributed by atoms with van der Waals surface area (Å²) in [6.07, 6.45) is 5.67. The molecule has 0 aliphatic rings. The van der Waals surface area contributed by atoms with E-state index in [4.69, 9.17) is 9.47 Å². The van der Waals surface area contributed by atoms with Gasteiger partial charge < -0.3 is 30.7 Å². The van der Waals surface area contributed by atoms with Gasteiger partial charge in [-0.25, -0.2) is 0 Å². The van der Waals surface area contributed by atoms with Gasteiger partial charge in [-0.3, -0.25) is 19.2 Å². The first-order chi connectivity index (χ1) is 21.8. The number of hydrogen-bond donors (Lipinski definition) is 4. The van der Waals surface area contributed by atoms with E-state index in [2.05, 4.69) is 62.8 Å². The summed E-state index contributed by atoms with van der Waals surface area (Å²) in [6.45, 7) is 30.2. The van der Waals surface area contributed by atoms with E-state index < -0.39 is 16.4 Å². The van der Waals surface area contributed by atoms with E-state index in [0.29, 0.717) is 32.7 Å². The maximum Gasteiger partial charge on any atom is 0.245 e. The summed E-state index contributed by atoms with van der Waals surface area (Å²) in [6, 6.07) is -0.204. The Labute approximate surface area is 293 Å². The molecule has 0 spiro atoms. The first kappa shape index (κ1) is 46.0. The summed E-state index contributed by atoms with van der Waals surface area (Å²) in [5.41, 5.74) is -1.52.